The molecule has 0 bridgehead atoms. The van der Waals surface area contributed by atoms with Crippen molar-refractivity contribution in [1.29, 1.82) is 5.41 Å². The Morgan fingerprint density at radius 2 is 1.92 bits per heavy atom. The van der Waals surface area contributed by atoms with Crippen molar-refractivity contribution in [3.63, 3.8) is 0 Å². The molecule has 1 aromatic heterocycles. The largest absolute Gasteiger partial charge is 0.456 e. The van der Waals surface area contributed by atoms with E-state index in [1.807, 2.05) is 12.1 Å². The monoisotopic (exact) mass is 321 g/mol. The maximum Gasteiger partial charge on any atom is 0.231 e. The highest BCUT2D eigenvalue weighted by atomic mass is 16.7. The van der Waals surface area contributed by atoms with Gasteiger partial charge in [0.1, 0.15) is 11.3 Å². The SMILES string of the molecule is CC(=N)Cc1ccc2oc(-c3ccc4c(c3)OCO4)cc(=O)c2c1. The summed E-state index contributed by atoms with van der Waals surface area (Å²) in [7, 11) is 0. The van der Waals surface area contributed by atoms with E-state index in [1.165, 1.54) is 6.07 Å². The molecule has 1 aliphatic heterocycles. The molecule has 0 fully saturated rings. The first-order valence-electron chi connectivity index (χ1n) is 7.61. The van der Waals surface area contributed by atoms with Crippen molar-refractivity contribution in [1.82, 2.24) is 0 Å². The number of hydrogen-bond acceptors (Lipinski definition) is 5. The Morgan fingerprint density at radius 3 is 2.75 bits per heavy atom. The molecule has 0 aliphatic carbocycles. The minimum atomic E-state index is -0.103. The average molecular weight is 321 g/mol. The molecule has 24 heavy (non-hydrogen) atoms. The fourth-order valence-corrected chi connectivity index (χ4v) is 2.81. The Hall–Kier alpha value is -3.08. The summed E-state index contributed by atoms with van der Waals surface area (Å²) in [5.74, 6) is 1.82. The summed E-state index contributed by atoms with van der Waals surface area (Å²) in [4.78, 5) is 12.5. The fourth-order valence-electron chi connectivity index (χ4n) is 2.81. The normalized spacial score (nSPS) is 12.5. The molecule has 1 aliphatic rings. The van der Waals surface area contributed by atoms with Crippen molar-refractivity contribution in [2.45, 2.75) is 13.3 Å². The molecular formula is C19H15NO4. The third-order valence-corrected chi connectivity index (χ3v) is 3.92. The molecule has 3 aromatic rings. The number of fused-ring (bicyclic) bond motifs is 2. The molecule has 120 valence electrons. The molecule has 5 nitrogen and oxygen atoms in total. The van der Waals surface area contributed by atoms with Gasteiger partial charge in [0, 0.05) is 23.8 Å². The van der Waals surface area contributed by atoms with Crippen LogP contribution in [0.3, 0.4) is 0 Å². The van der Waals surface area contributed by atoms with E-state index in [-0.39, 0.29) is 12.2 Å². The summed E-state index contributed by atoms with van der Waals surface area (Å²) in [6.45, 7) is 1.95. The molecule has 0 unspecified atom stereocenters. The Labute approximate surface area is 138 Å². The van der Waals surface area contributed by atoms with E-state index in [1.54, 1.807) is 31.2 Å². The summed E-state index contributed by atoms with van der Waals surface area (Å²) in [6, 6.07) is 12.4. The number of hydrogen-bond donors (Lipinski definition) is 1. The molecule has 0 saturated heterocycles. The summed E-state index contributed by atoms with van der Waals surface area (Å²) < 4.78 is 16.6. The van der Waals surface area contributed by atoms with Gasteiger partial charge in [-0.25, -0.2) is 0 Å². The summed E-state index contributed by atoms with van der Waals surface area (Å²) in [5, 5.41) is 8.10. The van der Waals surface area contributed by atoms with Gasteiger partial charge in [-0.2, -0.15) is 0 Å². The molecule has 0 radical (unpaired) electrons. The lowest BCUT2D eigenvalue weighted by Gasteiger charge is -2.06. The van der Waals surface area contributed by atoms with Gasteiger partial charge in [-0.05, 0) is 42.8 Å². The van der Waals surface area contributed by atoms with Crippen molar-refractivity contribution >= 4 is 16.7 Å². The van der Waals surface area contributed by atoms with Crippen molar-refractivity contribution in [3.8, 4) is 22.8 Å². The maximum atomic E-state index is 12.5. The predicted octanol–water partition coefficient (Wildman–Crippen LogP) is 3.77. The van der Waals surface area contributed by atoms with Crippen LogP contribution < -0.4 is 14.9 Å². The smallest absolute Gasteiger partial charge is 0.231 e. The molecule has 0 amide bonds. The topological polar surface area (TPSA) is 72.5 Å². The van der Waals surface area contributed by atoms with Gasteiger partial charge in [0.05, 0.1) is 5.39 Å². The van der Waals surface area contributed by atoms with Crippen LogP contribution in [-0.2, 0) is 6.42 Å². The van der Waals surface area contributed by atoms with Gasteiger partial charge in [0.25, 0.3) is 0 Å². The standard InChI is InChI=1S/C19H15NO4/c1-11(20)6-12-2-4-16-14(7-12)15(21)9-18(24-16)13-3-5-17-19(8-13)23-10-22-17/h2-5,7-9,20H,6,10H2,1H3. The van der Waals surface area contributed by atoms with Crippen molar-refractivity contribution in [3.05, 3.63) is 58.3 Å². The van der Waals surface area contributed by atoms with Crippen LogP contribution in [0.4, 0.5) is 0 Å². The quantitative estimate of drug-likeness (QED) is 0.745. The van der Waals surface area contributed by atoms with Crippen LogP contribution in [0, 0.1) is 5.41 Å². The van der Waals surface area contributed by atoms with Crippen LogP contribution in [-0.4, -0.2) is 12.5 Å². The molecule has 0 atom stereocenters. The van der Waals surface area contributed by atoms with Gasteiger partial charge in [-0.3, -0.25) is 4.79 Å². The lowest BCUT2D eigenvalue weighted by Crippen LogP contribution is -2.02. The second kappa shape index (κ2) is 5.53. The second-order valence-electron chi connectivity index (χ2n) is 5.83. The predicted molar refractivity (Wildman–Crippen MR) is 91.1 cm³/mol. The summed E-state index contributed by atoms with van der Waals surface area (Å²) in [5.41, 5.74) is 2.67. The summed E-state index contributed by atoms with van der Waals surface area (Å²) in [6.07, 6.45) is 0.527. The van der Waals surface area contributed by atoms with E-state index in [2.05, 4.69) is 0 Å². The van der Waals surface area contributed by atoms with Gasteiger partial charge >= 0.3 is 0 Å². The van der Waals surface area contributed by atoms with E-state index in [4.69, 9.17) is 19.3 Å². The first-order valence-corrected chi connectivity index (χ1v) is 7.61. The van der Waals surface area contributed by atoms with Crippen molar-refractivity contribution in [2.75, 3.05) is 6.79 Å². The van der Waals surface area contributed by atoms with Gasteiger partial charge in [-0.15, -0.1) is 0 Å². The van der Waals surface area contributed by atoms with Crippen LogP contribution in [0.5, 0.6) is 11.5 Å². The highest BCUT2D eigenvalue weighted by Crippen LogP contribution is 2.36. The second-order valence-corrected chi connectivity index (χ2v) is 5.83. The molecule has 0 saturated carbocycles. The van der Waals surface area contributed by atoms with Gasteiger partial charge < -0.3 is 19.3 Å². The minimum Gasteiger partial charge on any atom is -0.456 e. The third-order valence-electron chi connectivity index (χ3n) is 3.92. The Bertz CT molecular complexity index is 1020. The van der Waals surface area contributed by atoms with E-state index in [9.17, 15) is 4.79 Å². The molecule has 2 heterocycles. The first-order chi connectivity index (χ1) is 11.6. The Morgan fingerprint density at radius 1 is 1.08 bits per heavy atom. The molecule has 5 heteroatoms. The van der Waals surface area contributed by atoms with Gasteiger partial charge in [0.2, 0.25) is 6.79 Å². The third kappa shape index (κ3) is 2.54. The number of nitrogens with one attached hydrogen (secondary N) is 1. The zero-order valence-corrected chi connectivity index (χ0v) is 13.1. The lowest BCUT2D eigenvalue weighted by atomic mass is 10.1. The van der Waals surface area contributed by atoms with Crippen LogP contribution in [0.15, 0.2) is 51.7 Å². The highest BCUT2D eigenvalue weighted by Gasteiger charge is 2.15. The minimum absolute atomic E-state index is 0.103. The molecule has 1 N–H and O–H groups in total. The Balaban J connectivity index is 1.80. The van der Waals surface area contributed by atoms with Crippen LogP contribution in [0.25, 0.3) is 22.3 Å². The van der Waals surface area contributed by atoms with Crippen LogP contribution in [0.2, 0.25) is 0 Å². The molecule has 4 rings (SSSR count). The van der Waals surface area contributed by atoms with Gasteiger partial charge in [-0.1, -0.05) is 6.07 Å². The number of rotatable bonds is 3. The Kier molecular flexibility index (Phi) is 3.34. The van der Waals surface area contributed by atoms with Crippen molar-refractivity contribution < 1.29 is 13.9 Å². The average Bonchev–Trinajstić information content (AvgIpc) is 3.02. The van der Waals surface area contributed by atoms with E-state index < -0.39 is 0 Å². The fraction of sp³-hybridized carbons (Fsp3) is 0.158. The molecule has 0 spiro atoms. The lowest BCUT2D eigenvalue weighted by molar-refractivity contribution is 0.174. The zero-order chi connectivity index (χ0) is 16.7. The van der Waals surface area contributed by atoms with E-state index in [0.29, 0.717) is 40.4 Å². The molecule has 2 aromatic carbocycles. The maximum absolute atomic E-state index is 12.5. The van der Waals surface area contributed by atoms with Crippen molar-refractivity contribution in [2.24, 2.45) is 0 Å². The highest BCUT2D eigenvalue weighted by molar-refractivity contribution is 5.84. The van der Waals surface area contributed by atoms with E-state index >= 15 is 0 Å². The number of ether oxygens (including phenoxy) is 2. The van der Waals surface area contributed by atoms with Crippen LogP contribution >= 0.6 is 0 Å². The zero-order valence-electron chi connectivity index (χ0n) is 13.1. The van der Waals surface area contributed by atoms with Crippen LogP contribution in [0.1, 0.15) is 12.5 Å². The number of benzene rings is 2. The first kappa shape index (κ1) is 14.5. The van der Waals surface area contributed by atoms with E-state index in [0.717, 1.165) is 11.1 Å². The molecular weight excluding hydrogens is 306 g/mol. The summed E-state index contributed by atoms with van der Waals surface area (Å²) >= 11 is 0. The van der Waals surface area contributed by atoms with Gasteiger partial charge in [0.15, 0.2) is 16.9 Å².